The van der Waals surface area contributed by atoms with Crippen LogP contribution in [0.4, 0.5) is 26.8 Å². The Morgan fingerprint density at radius 2 is 1.52 bits per heavy atom. The first-order valence-corrected chi connectivity index (χ1v) is 15.6. The molecule has 1 saturated heterocycles. The van der Waals surface area contributed by atoms with Crippen LogP contribution in [0, 0.1) is 12.8 Å². The van der Waals surface area contributed by atoms with E-state index in [0.29, 0.717) is 42.0 Å². The molecule has 0 aliphatic carbocycles. The Balaban J connectivity index is 1.20. The second kappa shape index (κ2) is 14.0. The monoisotopic (exact) mass is 624 g/mol. The van der Waals surface area contributed by atoms with Crippen LogP contribution >= 0.6 is 0 Å². The van der Waals surface area contributed by atoms with Crippen LogP contribution < -0.4 is 25.4 Å². The van der Waals surface area contributed by atoms with E-state index in [0.717, 1.165) is 47.5 Å². The van der Waals surface area contributed by atoms with Gasteiger partial charge in [0.25, 0.3) is 0 Å². The molecule has 1 aromatic heterocycles. The molecule has 0 atom stereocenters. The number of methoxy groups -OCH3 is 2. The fraction of sp³-hybridized carbons (Fsp3) is 0.361. The lowest BCUT2D eigenvalue weighted by atomic mass is 9.89. The number of aryl methyl sites for hydroxylation is 1. The minimum atomic E-state index is -0.332. The lowest BCUT2D eigenvalue weighted by molar-refractivity contribution is 0.182. The number of carbonyl (C=O) groups is 2. The molecular formula is C36H44N6O4. The highest BCUT2D eigenvalue weighted by molar-refractivity contribution is 6.00. The third-order valence-corrected chi connectivity index (χ3v) is 8.28. The molecule has 2 heterocycles. The molecule has 0 saturated carbocycles. The van der Waals surface area contributed by atoms with E-state index in [1.54, 1.807) is 37.1 Å². The van der Waals surface area contributed by atoms with Crippen molar-refractivity contribution in [1.82, 2.24) is 14.7 Å². The number of hydrogen-bond acceptors (Lipinski definition) is 5. The fourth-order valence-electron chi connectivity index (χ4n) is 5.54. The molecule has 1 aliphatic rings. The van der Waals surface area contributed by atoms with Gasteiger partial charge >= 0.3 is 12.1 Å². The molecular weight excluding hydrogens is 580 g/mol. The largest absolute Gasteiger partial charge is 0.497 e. The number of rotatable bonds is 8. The number of hydrogen-bond donors (Lipinski definition) is 3. The van der Waals surface area contributed by atoms with Crippen molar-refractivity contribution >= 4 is 29.3 Å². The van der Waals surface area contributed by atoms with Gasteiger partial charge in [-0.05, 0) is 55.9 Å². The van der Waals surface area contributed by atoms with E-state index in [1.807, 2.05) is 60.4 Å². The van der Waals surface area contributed by atoms with Crippen molar-refractivity contribution < 1.29 is 19.1 Å². The number of para-hydroxylation sites is 1. The molecule has 0 radical (unpaired) electrons. The Bertz CT molecular complexity index is 1640. The zero-order valence-corrected chi connectivity index (χ0v) is 27.5. The highest BCUT2D eigenvalue weighted by atomic mass is 16.5. The summed E-state index contributed by atoms with van der Waals surface area (Å²) >= 11 is 0. The zero-order chi connectivity index (χ0) is 32.8. The Labute approximate surface area is 271 Å². The number of piperidine rings is 1. The van der Waals surface area contributed by atoms with Gasteiger partial charge in [0, 0.05) is 54.1 Å². The number of nitrogens with one attached hydrogen (secondary N) is 3. The molecule has 10 nitrogen and oxygen atoms in total. The van der Waals surface area contributed by atoms with Gasteiger partial charge in [0.1, 0.15) is 17.3 Å². The molecule has 0 spiro atoms. The maximum atomic E-state index is 13.3. The molecule has 1 fully saturated rings. The molecule has 4 amide bonds. The van der Waals surface area contributed by atoms with E-state index in [4.69, 9.17) is 14.6 Å². The highest BCUT2D eigenvalue weighted by Gasteiger charge is 2.25. The van der Waals surface area contributed by atoms with Crippen molar-refractivity contribution in [2.45, 2.75) is 52.4 Å². The van der Waals surface area contributed by atoms with Gasteiger partial charge in [-0.3, -0.25) is 5.32 Å². The summed E-state index contributed by atoms with van der Waals surface area (Å²) in [6.07, 6.45) is 2.52. The summed E-state index contributed by atoms with van der Waals surface area (Å²) in [5.41, 5.74) is 5.18. The van der Waals surface area contributed by atoms with Gasteiger partial charge in [-0.1, -0.05) is 56.7 Å². The van der Waals surface area contributed by atoms with Crippen LogP contribution in [0.25, 0.3) is 5.69 Å². The van der Waals surface area contributed by atoms with Crippen molar-refractivity contribution in [3.63, 3.8) is 0 Å². The Morgan fingerprint density at radius 1 is 0.870 bits per heavy atom. The molecule has 3 N–H and O–H groups in total. The van der Waals surface area contributed by atoms with Crippen molar-refractivity contribution in [1.29, 1.82) is 0 Å². The van der Waals surface area contributed by atoms with E-state index in [1.165, 1.54) is 0 Å². The van der Waals surface area contributed by atoms with Gasteiger partial charge < -0.3 is 25.0 Å². The first-order chi connectivity index (χ1) is 22.0. The number of amides is 4. The van der Waals surface area contributed by atoms with Crippen LogP contribution in [0.5, 0.6) is 11.5 Å². The lowest BCUT2D eigenvalue weighted by Crippen LogP contribution is -2.41. The van der Waals surface area contributed by atoms with E-state index >= 15 is 0 Å². The average molecular weight is 625 g/mol. The maximum Gasteiger partial charge on any atom is 0.324 e. The summed E-state index contributed by atoms with van der Waals surface area (Å²) in [6, 6.07) is 22.7. The molecule has 3 aromatic carbocycles. The average Bonchev–Trinajstić information content (AvgIpc) is 3.46. The van der Waals surface area contributed by atoms with Gasteiger partial charge in [-0.2, -0.15) is 5.10 Å². The fourth-order valence-corrected chi connectivity index (χ4v) is 5.54. The SMILES string of the molecule is COc1cc(NC(=O)N2CCC(Cc3ccccc3NC(=O)Nc3cc(C(C)(C)C)nn3-c3ccc(C)cc3)CC2)cc(OC)c1. The van der Waals surface area contributed by atoms with Gasteiger partial charge in [0.2, 0.25) is 0 Å². The third-order valence-electron chi connectivity index (χ3n) is 8.28. The lowest BCUT2D eigenvalue weighted by Gasteiger charge is -2.32. The predicted octanol–water partition coefficient (Wildman–Crippen LogP) is 7.63. The molecule has 0 unspecified atom stereocenters. The number of carbonyl (C=O) groups excluding carboxylic acids is 2. The summed E-state index contributed by atoms with van der Waals surface area (Å²) in [5, 5.41) is 13.9. The molecule has 10 heteroatoms. The predicted molar refractivity (Wildman–Crippen MR) is 183 cm³/mol. The molecule has 1 aliphatic heterocycles. The minimum Gasteiger partial charge on any atom is -0.497 e. The number of benzene rings is 3. The van der Waals surface area contributed by atoms with Crippen LogP contribution in [-0.4, -0.2) is 54.1 Å². The van der Waals surface area contributed by atoms with Crippen LogP contribution in [0.15, 0.2) is 72.8 Å². The zero-order valence-electron chi connectivity index (χ0n) is 27.5. The molecule has 46 heavy (non-hydrogen) atoms. The summed E-state index contributed by atoms with van der Waals surface area (Å²) in [5.74, 6) is 2.20. The number of urea groups is 2. The standard InChI is InChI=1S/C36H44N6O4/c1-24-11-13-28(14-12-24)42-33(23-32(40-42)36(2,3)4)39-34(43)38-31-10-8-7-9-26(31)19-25-15-17-41(18-16-25)35(44)37-27-20-29(45-5)22-30(21-27)46-6/h7-14,20-23,25H,15-19H2,1-6H3,(H,37,44)(H2,38,39,43). The summed E-state index contributed by atoms with van der Waals surface area (Å²) in [4.78, 5) is 28.2. The van der Waals surface area contributed by atoms with Crippen molar-refractivity contribution in [2.24, 2.45) is 5.92 Å². The Hall–Kier alpha value is -4.99. The topological polar surface area (TPSA) is 110 Å². The number of aromatic nitrogens is 2. The minimum absolute atomic E-state index is 0.146. The Morgan fingerprint density at radius 3 is 2.15 bits per heavy atom. The first-order valence-electron chi connectivity index (χ1n) is 15.6. The van der Waals surface area contributed by atoms with Crippen molar-refractivity contribution in [2.75, 3.05) is 43.3 Å². The maximum absolute atomic E-state index is 13.3. The van der Waals surface area contributed by atoms with E-state index in [-0.39, 0.29) is 17.5 Å². The molecule has 5 rings (SSSR count). The second-order valence-electron chi connectivity index (χ2n) is 12.8. The number of likely N-dealkylation sites (tertiary alicyclic amines) is 1. The summed E-state index contributed by atoms with van der Waals surface area (Å²) in [7, 11) is 3.16. The van der Waals surface area contributed by atoms with Gasteiger partial charge in [0.15, 0.2) is 0 Å². The smallest absolute Gasteiger partial charge is 0.324 e. The van der Waals surface area contributed by atoms with Crippen LogP contribution in [0.3, 0.4) is 0 Å². The summed E-state index contributed by atoms with van der Waals surface area (Å²) in [6.45, 7) is 9.64. The van der Waals surface area contributed by atoms with E-state index in [2.05, 4.69) is 42.8 Å². The molecule has 0 bridgehead atoms. The molecule has 242 valence electrons. The third kappa shape index (κ3) is 7.99. The van der Waals surface area contributed by atoms with Gasteiger partial charge in [-0.15, -0.1) is 0 Å². The van der Waals surface area contributed by atoms with Crippen LogP contribution in [0.2, 0.25) is 0 Å². The van der Waals surface area contributed by atoms with E-state index in [9.17, 15) is 9.59 Å². The summed E-state index contributed by atoms with van der Waals surface area (Å²) < 4.78 is 12.4. The van der Waals surface area contributed by atoms with Crippen molar-refractivity contribution in [3.05, 3.63) is 89.6 Å². The first kappa shape index (κ1) is 32.4. The van der Waals surface area contributed by atoms with Crippen molar-refractivity contribution in [3.8, 4) is 17.2 Å². The number of nitrogens with zero attached hydrogens (tertiary/aromatic N) is 3. The van der Waals surface area contributed by atoms with Gasteiger partial charge in [-0.25, -0.2) is 14.3 Å². The second-order valence-corrected chi connectivity index (χ2v) is 12.8. The Kier molecular flexibility index (Phi) is 9.84. The quantitative estimate of drug-likeness (QED) is 0.187. The van der Waals surface area contributed by atoms with Crippen LogP contribution in [-0.2, 0) is 11.8 Å². The van der Waals surface area contributed by atoms with Gasteiger partial charge in [0.05, 0.1) is 25.6 Å². The molecule has 4 aromatic rings. The van der Waals surface area contributed by atoms with Crippen LogP contribution in [0.1, 0.15) is 50.4 Å². The number of ether oxygens (including phenoxy) is 2. The highest BCUT2D eigenvalue weighted by Crippen LogP contribution is 2.30. The number of anilines is 3. The van der Waals surface area contributed by atoms with E-state index < -0.39 is 0 Å². The normalized spacial score (nSPS) is 13.7.